The van der Waals surface area contributed by atoms with Crippen molar-refractivity contribution in [2.24, 2.45) is 5.73 Å². The van der Waals surface area contributed by atoms with Crippen LogP contribution in [-0.2, 0) is 16.1 Å². The molecule has 0 spiro atoms. The highest BCUT2D eigenvalue weighted by Gasteiger charge is 2.38. The summed E-state index contributed by atoms with van der Waals surface area (Å²) in [4.78, 5) is 26.1. The predicted molar refractivity (Wildman–Crippen MR) is 107 cm³/mol. The fraction of sp³-hybridized carbons (Fsp3) is 0.364. The van der Waals surface area contributed by atoms with Gasteiger partial charge in [-0.05, 0) is 19.1 Å². The van der Waals surface area contributed by atoms with E-state index in [2.05, 4.69) is 0 Å². The Labute approximate surface area is 178 Å². The molecule has 1 aliphatic heterocycles. The van der Waals surface area contributed by atoms with Crippen LogP contribution >= 0.6 is 0 Å². The maximum absolute atomic E-state index is 13.2. The van der Waals surface area contributed by atoms with E-state index in [9.17, 15) is 24.9 Å². The molecule has 2 aromatic carbocycles. The van der Waals surface area contributed by atoms with Gasteiger partial charge >= 0.3 is 0 Å². The second kappa shape index (κ2) is 7.93. The van der Waals surface area contributed by atoms with Crippen LogP contribution in [0.3, 0.4) is 0 Å². The molecule has 4 atom stereocenters. The molecular formula is C22H23NO8. The molecule has 31 heavy (non-hydrogen) atoms. The Bertz CT molecular complexity index is 1050. The molecule has 2 aromatic rings. The highest BCUT2D eigenvalue weighted by Crippen LogP contribution is 2.42. The number of benzene rings is 2. The van der Waals surface area contributed by atoms with Crippen molar-refractivity contribution in [3.05, 3.63) is 52.1 Å². The summed E-state index contributed by atoms with van der Waals surface area (Å²) >= 11 is 0. The van der Waals surface area contributed by atoms with Crippen molar-refractivity contribution in [2.45, 2.75) is 44.5 Å². The van der Waals surface area contributed by atoms with Crippen LogP contribution in [0, 0.1) is 0 Å². The van der Waals surface area contributed by atoms with Gasteiger partial charge < -0.3 is 35.3 Å². The normalized spacial score (nSPS) is 25.2. The van der Waals surface area contributed by atoms with Crippen molar-refractivity contribution < 1.29 is 39.1 Å². The number of carbonyl (C=O) groups excluding carboxylic acids is 2. The number of aliphatic hydroxyl groups excluding tert-OH is 1. The van der Waals surface area contributed by atoms with Crippen LogP contribution in [0.2, 0.25) is 0 Å². The maximum atomic E-state index is 13.2. The van der Waals surface area contributed by atoms with Gasteiger partial charge in [-0.3, -0.25) is 9.59 Å². The predicted octanol–water partition coefficient (Wildman–Crippen LogP) is 1.22. The molecule has 164 valence electrons. The fourth-order valence-corrected chi connectivity index (χ4v) is 4.03. The SMILES string of the molecule is COc1cccc2c1C(=O)c1c(O)c(CO[C@H]3C[C@@H](N)[C@@H](O)[C@@H](C)O3)cc(O)c1C2=O. The van der Waals surface area contributed by atoms with Crippen LogP contribution in [-0.4, -0.2) is 58.5 Å². The number of ether oxygens (including phenoxy) is 3. The van der Waals surface area contributed by atoms with E-state index in [0.717, 1.165) is 0 Å². The Morgan fingerprint density at radius 2 is 1.90 bits per heavy atom. The van der Waals surface area contributed by atoms with E-state index in [1.807, 2.05) is 0 Å². The van der Waals surface area contributed by atoms with E-state index in [0.29, 0.717) is 0 Å². The van der Waals surface area contributed by atoms with Crippen LogP contribution in [0.15, 0.2) is 24.3 Å². The van der Waals surface area contributed by atoms with Gasteiger partial charge in [0, 0.05) is 23.6 Å². The molecule has 1 heterocycles. The van der Waals surface area contributed by atoms with E-state index >= 15 is 0 Å². The van der Waals surface area contributed by atoms with E-state index in [-0.39, 0.29) is 46.6 Å². The number of carbonyl (C=O) groups is 2. The lowest BCUT2D eigenvalue weighted by molar-refractivity contribution is -0.226. The minimum atomic E-state index is -0.820. The van der Waals surface area contributed by atoms with Crippen molar-refractivity contribution in [1.29, 1.82) is 0 Å². The lowest BCUT2D eigenvalue weighted by atomic mass is 9.81. The lowest BCUT2D eigenvalue weighted by Crippen LogP contribution is -2.51. The van der Waals surface area contributed by atoms with Gasteiger partial charge in [-0.15, -0.1) is 0 Å². The molecule has 1 fully saturated rings. The van der Waals surface area contributed by atoms with Gasteiger partial charge in [0.15, 0.2) is 12.1 Å². The monoisotopic (exact) mass is 429 g/mol. The van der Waals surface area contributed by atoms with Crippen LogP contribution in [0.1, 0.15) is 50.8 Å². The molecular weight excluding hydrogens is 406 g/mol. The third kappa shape index (κ3) is 3.45. The van der Waals surface area contributed by atoms with Gasteiger partial charge in [0.25, 0.3) is 0 Å². The Morgan fingerprint density at radius 1 is 1.16 bits per heavy atom. The summed E-state index contributed by atoms with van der Waals surface area (Å²) in [6.45, 7) is 1.45. The van der Waals surface area contributed by atoms with Gasteiger partial charge in [0.05, 0.1) is 42.6 Å². The fourth-order valence-electron chi connectivity index (χ4n) is 4.03. The van der Waals surface area contributed by atoms with Crippen LogP contribution in [0.4, 0.5) is 0 Å². The second-order valence-corrected chi connectivity index (χ2v) is 7.67. The molecule has 4 rings (SSSR count). The number of phenols is 2. The number of ketones is 2. The summed E-state index contributed by atoms with van der Waals surface area (Å²) in [7, 11) is 1.37. The van der Waals surface area contributed by atoms with Crippen LogP contribution in [0.5, 0.6) is 17.2 Å². The first-order chi connectivity index (χ1) is 14.7. The molecule has 0 aromatic heterocycles. The molecule has 9 heteroatoms. The first-order valence-electron chi connectivity index (χ1n) is 9.79. The molecule has 0 unspecified atom stereocenters. The first-order valence-corrected chi connectivity index (χ1v) is 9.79. The van der Waals surface area contributed by atoms with Gasteiger partial charge in [0.1, 0.15) is 17.2 Å². The minimum absolute atomic E-state index is 0.0275. The van der Waals surface area contributed by atoms with Crippen molar-refractivity contribution in [3.63, 3.8) is 0 Å². The maximum Gasteiger partial charge on any atom is 0.202 e. The van der Waals surface area contributed by atoms with Crippen molar-refractivity contribution >= 4 is 11.6 Å². The Morgan fingerprint density at radius 3 is 2.58 bits per heavy atom. The molecule has 0 radical (unpaired) electrons. The van der Waals surface area contributed by atoms with Gasteiger partial charge in [-0.25, -0.2) is 0 Å². The molecule has 0 saturated carbocycles. The Hall–Kier alpha value is -2.98. The molecule has 5 N–H and O–H groups in total. The van der Waals surface area contributed by atoms with E-state index < -0.39 is 47.6 Å². The number of aromatic hydroxyl groups is 2. The average molecular weight is 429 g/mol. The summed E-state index contributed by atoms with van der Waals surface area (Å²) in [6, 6.07) is 5.22. The number of phenolic OH excluding ortho intramolecular Hbond substituents is 2. The highest BCUT2D eigenvalue weighted by atomic mass is 16.7. The number of methoxy groups -OCH3 is 1. The number of hydrogen-bond acceptors (Lipinski definition) is 9. The van der Waals surface area contributed by atoms with Gasteiger partial charge in [0.2, 0.25) is 5.78 Å². The second-order valence-electron chi connectivity index (χ2n) is 7.67. The summed E-state index contributed by atoms with van der Waals surface area (Å²) in [5.41, 5.74) is 5.54. The molecule has 0 bridgehead atoms. The van der Waals surface area contributed by atoms with Gasteiger partial charge in [-0.2, -0.15) is 0 Å². The standard InChI is InChI=1S/C22H23NO8/c1-9-19(25)12(23)7-15(31-9)30-8-10-6-13(24)17-18(20(10)26)22(28)16-11(21(17)27)4-3-5-14(16)29-2/h3-6,9,12,15,19,24-26H,7-8,23H2,1-2H3/t9-,12-,15-,19+/m1/s1. The zero-order chi connectivity index (χ0) is 22.4. The number of nitrogens with two attached hydrogens (primary N) is 1. The molecule has 1 aliphatic carbocycles. The molecule has 2 aliphatic rings. The van der Waals surface area contributed by atoms with Crippen LogP contribution < -0.4 is 10.5 Å². The third-order valence-corrected chi connectivity index (χ3v) is 5.71. The van der Waals surface area contributed by atoms with Crippen molar-refractivity contribution in [3.8, 4) is 17.2 Å². The summed E-state index contributed by atoms with van der Waals surface area (Å²) in [5.74, 6) is -1.93. The van der Waals surface area contributed by atoms with E-state index in [4.69, 9.17) is 19.9 Å². The summed E-state index contributed by atoms with van der Waals surface area (Å²) < 4.78 is 16.4. The number of aliphatic hydroxyl groups is 1. The van der Waals surface area contributed by atoms with E-state index in [1.165, 1.54) is 25.3 Å². The van der Waals surface area contributed by atoms with Crippen molar-refractivity contribution in [2.75, 3.05) is 7.11 Å². The Balaban J connectivity index is 1.67. The largest absolute Gasteiger partial charge is 0.507 e. The average Bonchev–Trinajstić information content (AvgIpc) is 2.75. The number of rotatable bonds is 4. The first kappa shape index (κ1) is 21.3. The van der Waals surface area contributed by atoms with E-state index in [1.54, 1.807) is 13.0 Å². The quantitative estimate of drug-likeness (QED) is 0.449. The molecule has 1 saturated heterocycles. The topological polar surface area (TPSA) is 149 Å². The lowest BCUT2D eigenvalue weighted by Gasteiger charge is -2.36. The zero-order valence-corrected chi connectivity index (χ0v) is 17.0. The van der Waals surface area contributed by atoms with Gasteiger partial charge in [-0.1, -0.05) is 12.1 Å². The number of hydrogen-bond donors (Lipinski definition) is 4. The highest BCUT2D eigenvalue weighted by molar-refractivity contribution is 6.31. The molecule has 9 nitrogen and oxygen atoms in total. The van der Waals surface area contributed by atoms with Crippen molar-refractivity contribution in [1.82, 2.24) is 0 Å². The summed E-state index contributed by atoms with van der Waals surface area (Å²) in [6.07, 6.45) is -1.88. The minimum Gasteiger partial charge on any atom is -0.507 e. The zero-order valence-electron chi connectivity index (χ0n) is 17.0. The number of fused-ring (bicyclic) bond motifs is 2. The molecule has 0 amide bonds. The smallest absolute Gasteiger partial charge is 0.202 e. The summed E-state index contributed by atoms with van der Waals surface area (Å²) in [5, 5.41) is 31.2. The van der Waals surface area contributed by atoms with Crippen LogP contribution in [0.25, 0.3) is 0 Å². The third-order valence-electron chi connectivity index (χ3n) is 5.71. The Kier molecular flexibility index (Phi) is 5.44.